The average molecular weight is 341 g/mol. The topological polar surface area (TPSA) is 47.9 Å². The third-order valence-corrected chi connectivity index (χ3v) is 3.76. The predicted octanol–water partition coefficient (Wildman–Crippen LogP) is 3.91. The van der Waals surface area contributed by atoms with Crippen molar-refractivity contribution in [3.05, 3.63) is 59.2 Å². The normalized spacial score (nSPS) is 18.2. The molecule has 1 aromatic rings. The molecule has 1 unspecified atom stereocenters. The van der Waals surface area contributed by atoms with E-state index >= 15 is 0 Å². The van der Waals surface area contributed by atoms with Crippen LogP contribution in [0.2, 0.25) is 0 Å². The van der Waals surface area contributed by atoms with Gasteiger partial charge in [0.15, 0.2) is 0 Å². The molecule has 0 N–H and O–H groups in total. The Morgan fingerprint density at radius 3 is 2.60 bits per heavy atom. The van der Waals surface area contributed by atoms with Gasteiger partial charge in [0.25, 0.3) is 0 Å². The SMILES string of the molecule is COCC1=CC(C(=O)/C=N/C(C)(C)C)=CCC1OCc1ccccc1. The molecule has 0 amide bonds. The smallest absolute Gasteiger partial charge is 0.203 e. The molecule has 25 heavy (non-hydrogen) atoms. The van der Waals surface area contributed by atoms with Crippen molar-refractivity contribution < 1.29 is 14.3 Å². The lowest BCUT2D eigenvalue weighted by Crippen LogP contribution is -2.23. The lowest BCUT2D eigenvalue weighted by Gasteiger charge is -2.23. The van der Waals surface area contributed by atoms with Gasteiger partial charge in [0, 0.05) is 12.7 Å². The number of ether oxygens (including phenoxy) is 2. The molecule has 4 nitrogen and oxygen atoms in total. The van der Waals surface area contributed by atoms with E-state index in [9.17, 15) is 4.79 Å². The molecular formula is C21H27NO3. The fourth-order valence-corrected chi connectivity index (χ4v) is 2.48. The van der Waals surface area contributed by atoms with Crippen LogP contribution in [0, 0.1) is 0 Å². The maximum atomic E-state index is 12.3. The van der Waals surface area contributed by atoms with Crippen molar-refractivity contribution in [2.45, 2.75) is 45.4 Å². The van der Waals surface area contributed by atoms with E-state index in [1.165, 1.54) is 6.21 Å². The summed E-state index contributed by atoms with van der Waals surface area (Å²) in [6, 6.07) is 10.1. The minimum Gasteiger partial charge on any atom is -0.380 e. The summed E-state index contributed by atoms with van der Waals surface area (Å²) in [5, 5.41) is 0. The van der Waals surface area contributed by atoms with Crippen LogP contribution in [0.1, 0.15) is 32.8 Å². The second-order valence-corrected chi connectivity index (χ2v) is 7.13. The highest BCUT2D eigenvalue weighted by molar-refractivity contribution is 6.36. The highest BCUT2D eigenvalue weighted by atomic mass is 16.5. The van der Waals surface area contributed by atoms with Crippen LogP contribution in [0.4, 0.5) is 0 Å². The lowest BCUT2D eigenvalue weighted by atomic mass is 9.95. The Labute approximate surface area is 150 Å². The molecule has 0 fully saturated rings. The Bertz CT molecular complexity index is 666. The van der Waals surface area contributed by atoms with E-state index in [2.05, 4.69) is 4.99 Å². The highest BCUT2D eigenvalue weighted by Crippen LogP contribution is 2.23. The zero-order valence-electron chi connectivity index (χ0n) is 15.5. The molecule has 0 spiro atoms. The van der Waals surface area contributed by atoms with Crippen molar-refractivity contribution in [3.63, 3.8) is 0 Å². The molecule has 1 aliphatic carbocycles. The van der Waals surface area contributed by atoms with Crippen molar-refractivity contribution in [2.24, 2.45) is 4.99 Å². The van der Waals surface area contributed by atoms with Crippen molar-refractivity contribution in [3.8, 4) is 0 Å². The molecule has 0 radical (unpaired) electrons. The zero-order chi connectivity index (χ0) is 18.3. The summed E-state index contributed by atoms with van der Waals surface area (Å²) in [4.78, 5) is 16.6. The van der Waals surface area contributed by atoms with Gasteiger partial charge < -0.3 is 9.47 Å². The number of methoxy groups -OCH3 is 1. The Morgan fingerprint density at radius 1 is 1.24 bits per heavy atom. The molecule has 0 aromatic heterocycles. The van der Waals surface area contributed by atoms with Gasteiger partial charge in [0.2, 0.25) is 5.78 Å². The third kappa shape index (κ3) is 6.40. The molecule has 0 aliphatic heterocycles. The van der Waals surface area contributed by atoms with Crippen LogP contribution in [-0.2, 0) is 20.9 Å². The molecule has 0 heterocycles. The summed E-state index contributed by atoms with van der Waals surface area (Å²) in [5.41, 5.74) is 2.50. The molecule has 1 aromatic carbocycles. The first-order valence-electron chi connectivity index (χ1n) is 8.53. The van der Waals surface area contributed by atoms with E-state index in [1.807, 2.05) is 63.3 Å². The molecule has 134 valence electrons. The van der Waals surface area contributed by atoms with Crippen LogP contribution < -0.4 is 0 Å². The van der Waals surface area contributed by atoms with Gasteiger partial charge in [-0.25, -0.2) is 0 Å². The van der Waals surface area contributed by atoms with Crippen molar-refractivity contribution in [1.29, 1.82) is 0 Å². The number of allylic oxidation sites excluding steroid dienone is 2. The largest absolute Gasteiger partial charge is 0.380 e. The maximum Gasteiger partial charge on any atom is 0.203 e. The van der Waals surface area contributed by atoms with E-state index in [1.54, 1.807) is 7.11 Å². The summed E-state index contributed by atoms with van der Waals surface area (Å²) in [7, 11) is 1.65. The second kappa shape index (κ2) is 8.88. The van der Waals surface area contributed by atoms with Gasteiger partial charge in [0.1, 0.15) is 0 Å². The molecule has 1 atom stereocenters. The van der Waals surface area contributed by atoms with Gasteiger partial charge in [-0.2, -0.15) is 0 Å². The van der Waals surface area contributed by atoms with Crippen LogP contribution in [0.15, 0.2) is 58.6 Å². The first kappa shape index (κ1) is 19.3. The molecule has 0 saturated heterocycles. The fourth-order valence-electron chi connectivity index (χ4n) is 2.48. The van der Waals surface area contributed by atoms with Crippen molar-refractivity contribution >= 4 is 12.0 Å². The first-order chi connectivity index (χ1) is 11.9. The third-order valence-electron chi connectivity index (χ3n) is 3.76. The van der Waals surface area contributed by atoms with Crippen LogP contribution in [0.25, 0.3) is 0 Å². The number of hydrogen-bond donors (Lipinski definition) is 0. The number of carbonyl (C=O) groups is 1. The Hall–Kier alpha value is -2.04. The van der Waals surface area contributed by atoms with Crippen LogP contribution in [-0.4, -0.2) is 37.4 Å². The van der Waals surface area contributed by atoms with E-state index in [-0.39, 0.29) is 17.4 Å². The predicted molar refractivity (Wildman–Crippen MR) is 101 cm³/mol. The van der Waals surface area contributed by atoms with Gasteiger partial charge >= 0.3 is 0 Å². The van der Waals surface area contributed by atoms with E-state index in [0.29, 0.717) is 25.2 Å². The van der Waals surface area contributed by atoms with Gasteiger partial charge in [0.05, 0.1) is 31.1 Å². The lowest BCUT2D eigenvalue weighted by molar-refractivity contribution is -0.109. The number of carbonyl (C=O) groups excluding carboxylic acids is 1. The molecule has 4 heteroatoms. The van der Waals surface area contributed by atoms with Crippen LogP contribution in [0.3, 0.4) is 0 Å². The monoisotopic (exact) mass is 341 g/mol. The number of benzene rings is 1. The number of aliphatic imine (C=N–C) groups is 1. The molecule has 0 bridgehead atoms. The fraction of sp³-hybridized carbons (Fsp3) is 0.429. The number of rotatable bonds is 7. The Kier molecular flexibility index (Phi) is 6.85. The summed E-state index contributed by atoms with van der Waals surface area (Å²) in [6.07, 6.45) is 5.80. The number of ketones is 1. The Balaban J connectivity index is 2.04. The van der Waals surface area contributed by atoms with Crippen LogP contribution >= 0.6 is 0 Å². The summed E-state index contributed by atoms with van der Waals surface area (Å²) in [6.45, 7) is 6.87. The summed E-state index contributed by atoms with van der Waals surface area (Å²) in [5.74, 6) is -0.0787. The minimum absolute atomic E-state index is 0.0729. The van der Waals surface area contributed by atoms with Crippen molar-refractivity contribution in [1.82, 2.24) is 0 Å². The molecular weight excluding hydrogens is 314 g/mol. The highest BCUT2D eigenvalue weighted by Gasteiger charge is 2.21. The van der Waals surface area contributed by atoms with E-state index in [0.717, 1.165) is 11.1 Å². The number of Topliss-reactive ketones (excluding diaryl/α,β-unsaturated/α-hetero) is 1. The summed E-state index contributed by atoms with van der Waals surface area (Å²) >= 11 is 0. The van der Waals surface area contributed by atoms with Gasteiger partial charge in [-0.05, 0) is 44.4 Å². The van der Waals surface area contributed by atoms with Gasteiger partial charge in [-0.15, -0.1) is 0 Å². The molecule has 2 rings (SSSR count). The van der Waals surface area contributed by atoms with Gasteiger partial charge in [-0.3, -0.25) is 9.79 Å². The van der Waals surface area contributed by atoms with Crippen molar-refractivity contribution in [2.75, 3.05) is 13.7 Å². The van der Waals surface area contributed by atoms with E-state index in [4.69, 9.17) is 9.47 Å². The van der Waals surface area contributed by atoms with Crippen LogP contribution in [0.5, 0.6) is 0 Å². The zero-order valence-corrected chi connectivity index (χ0v) is 15.5. The maximum absolute atomic E-state index is 12.3. The number of hydrogen-bond acceptors (Lipinski definition) is 4. The average Bonchev–Trinajstić information content (AvgIpc) is 2.59. The standard InChI is InChI=1S/C21H27NO3/c1-21(2,3)22-13-19(23)17-10-11-20(18(12-17)15-24-4)25-14-16-8-6-5-7-9-16/h5-10,12-13,20H,11,14-15H2,1-4H3/b22-13+. The molecule has 1 aliphatic rings. The quantitative estimate of drug-likeness (QED) is 0.706. The summed E-state index contributed by atoms with van der Waals surface area (Å²) < 4.78 is 11.3. The van der Waals surface area contributed by atoms with E-state index < -0.39 is 0 Å². The first-order valence-corrected chi connectivity index (χ1v) is 8.53. The minimum atomic E-state index is -0.259. The number of nitrogens with zero attached hydrogens (tertiary/aromatic N) is 1. The Morgan fingerprint density at radius 2 is 1.96 bits per heavy atom. The second-order valence-electron chi connectivity index (χ2n) is 7.13. The molecule has 0 saturated carbocycles. The van der Waals surface area contributed by atoms with Gasteiger partial charge in [-0.1, -0.05) is 36.4 Å².